The Kier molecular flexibility index (Phi) is 10.8. The molecule has 2 heterocycles. The Morgan fingerprint density at radius 3 is 1.76 bits per heavy atom. The number of hydrogen-bond donors (Lipinski definition) is 0. The molecule has 0 spiro atoms. The number of aromatic nitrogens is 4. The minimum atomic E-state index is -0.225. The molecule has 0 unspecified atom stereocenters. The van der Waals surface area contributed by atoms with E-state index in [4.69, 9.17) is 21.6 Å². The number of thioether (sulfide) groups is 1. The highest BCUT2D eigenvalue weighted by atomic mass is 35.5. The van der Waals surface area contributed by atoms with E-state index in [-0.39, 0.29) is 5.56 Å². The van der Waals surface area contributed by atoms with E-state index in [0.717, 1.165) is 28.2 Å². The van der Waals surface area contributed by atoms with Crippen molar-refractivity contribution in [2.45, 2.75) is 33.4 Å². The molecule has 7 heteroatoms. The fourth-order valence-electron chi connectivity index (χ4n) is 4.60. The molecule has 0 N–H and O–H groups in total. The molecule has 0 bridgehead atoms. The Balaban J connectivity index is 0.000000972. The highest BCUT2D eigenvalue weighted by Crippen LogP contribution is 2.28. The first kappa shape index (κ1) is 30.8. The maximum absolute atomic E-state index is 14.1. The van der Waals surface area contributed by atoms with E-state index in [2.05, 4.69) is 24.3 Å². The molecule has 0 radical (unpaired) electrons. The van der Waals surface area contributed by atoms with Crippen LogP contribution in [0.4, 0.5) is 0 Å². The van der Waals surface area contributed by atoms with Crippen LogP contribution in [0.3, 0.4) is 0 Å². The van der Waals surface area contributed by atoms with E-state index in [1.54, 1.807) is 28.5 Å². The zero-order valence-electron chi connectivity index (χ0n) is 24.6. The minimum absolute atomic E-state index is 0.225. The average molecular weight is 595 g/mol. The summed E-state index contributed by atoms with van der Waals surface area (Å²) in [4.78, 5) is 24.0. The predicted molar refractivity (Wildman–Crippen MR) is 180 cm³/mol. The van der Waals surface area contributed by atoms with Crippen LogP contribution in [0.5, 0.6) is 0 Å². The molecule has 0 saturated heterocycles. The van der Waals surface area contributed by atoms with Gasteiger partial charge in [0.25, 0.3) is 5.56 Å². The molecule has 6 aromatic rings. The van der Waals surface area contributed by atoms with Gasteiger partial charge in [-0.1, -0.05) is 112 Å². The Labute approximate surface area is 256 Å². The normalized spacial score (nSPS) is 10.4. The number of imidazole rings is 1. The lowest BCUT2D eigenvalue weighted by atomic mass is 10.0. The zero-order chi connectivity index (χ0) is 30.1. The summed E-state index contributed by atoms with van der Waals surface area (Å²) < 4.78 is 3.61. The standard InChI is InChI=1S/C31H23ClN4OS.2C2H6/c1-38-20-27-33-28-30(35(27)25-10-6-3-7-11-25)34-29(36(31(28)37)26-18-16-24(32)17-19-26)23-14-12-22(13-15-23)21-8-4-2-5-9-21;2*1-2/h2-19H,20H2,1H3;2*1-2H3. The van der Waals surface area contributed by atoms with Gasteiger partial charge in [-0.2, -0.15) is 11.8 Å². The molecule has 0 aliphatic carbocycles. The van der Waals surface area contributed by atoms with Gasteiger partial charge in [0, 0.05) is 16.3 Å². The van der Waals surface area contributed by atoms with Crippen LogP contribution in [0.25, 0.3) is 45.1 Å². The summed E-state index contributed by atoms with van der Waals surface area (Å²) in [6.07, 6.45) is 2.02. The third-order valence-electron chi connectivity index (χ3n) is 6.37. The molecule has 214 valence electrons. The number of fused-ring (bicyclic) bond motifs is 1. The first-order valence-corrected chi connectivity index (χ1v) is 15.9. The first-order chi connectivity index (χ1) is 20.6. The molecule has 0 aliphatic heterocycles. The smallest absolute Gasteiger partial charge is 0.280 e. The van der Waals surface area contributed by atoms with Gasteiger partial charge in [0.15, 0.2) is 11.2 Å². The van der Waals surface area contributed by atoms with Gasteiger partial charge in [-0.15, -0.1) is 0 Å². The highest BCUT2D eigenvalue weighted by Gasteiger charge is 2.22. The second kappa shape index (κ2) is 14.7. The van der Waals surface area contributed by atoms with Crippen LogP contribution >= 0.6 is 23.4 Å². The summed E-state index contributed by atoms with van der Waals surface area (Å²) in [5.74, 6) is 1.96. The van der Waals surface area contributed by atoms with Crippen LogP contribution in [0.15, 0.2) is 114 Å². The maximum atomic E-state index is 14.1. The van der Waals surface area contributed by atoms with E-state index in [1.807, 2.05) is 111 Å². The molecule has 42 heavy (non-hydrogen) atoms. The van der Waals surface area contributed by atoms with Crippen LogP contribution in [0.1, 0.15) is 33.5 Å². The summed E-state index contributed by atoms with van der Waals surface area (Å²) in [6.45, 7) is 8.00. The van der Waals surface area contributed by atoms with E-state index < -0.39 is 0 Å². The van der Waals surface area contributed by atoms with E-state index >= 15 is 0 Å². The van der Waals surface area contributed by atoms with Crippen molar-refractivity contribution in [2.24, 2.45) is 0 Å². The molecule has 0 atom stereocenters. The Morgan fingerprint density at radius 2 is 1.17 bits per heavy atom. The van der Waals surface area contributed by atoms with Gasteiger partial charge >= 0.3 is 0 Å². The van der Waals surface area contributed by atoms with E-state index in [0.29, 0.717) is 33.5 Å². The topological polar surface area (TPSA) is 52.7 Å². The lowest BCUT2D eigenvalue weighted by Crippen LogP contribution is -2.22. The number of para-hydroxylation sites is 1. The maximum Gasteiger partial charge on any atom is 0.286 e. The summed E-state index contributed by atoms with van der Waals surface area (Å²) >= 11 is 7.82. The van der Waals surface area contributed by atoms with Gasteiger partial charge in [0.05, 0.1) is 11.4 Å². The van der Waals surface area contributed by atoms with Gasteiger partial charge in [0.1, 0.15) is 11.6 Å². The van der Waals surface area contributed by atoms with Gasteiger partial charge in [-0.05, 0) is 53.8 Å². The molecule has 2 aromatic heterocycles. The third-order valence-corrected chi connectivity index (χ3v) is 7.17. The van der Waals surface area contributed by atoms with Crippen LogP contribution < -0.4 is 5.56 Å². The number of halogens is 1. The second-order valence-electron chi connectivity index (χ2n) is 8.80. The summed E-state index contributed by atoms with van der Waals surface area (Å²) in [5.41, 5.74) is 5.28. The minimum Gasteiger partial charge on any atom is -0.280 e. The quantitative estimate of drug-likeness (QED) is 0.193. The van der Waals surface area contributed by atoms with Crippen molar-refractivity contribution in [1.29, 1.82) is 0 Å². The molecule has 0 fully saturated rings. The second-order valence-corrected chi connectivity index (χ2v) is 10.1. The Bertz CT molecular complexity index is 1780. The van der Waals surface area contributed by atoms with Crippen molar-refractivity contribution in [3.63, 3.8) is 0 Å². The number of benzene rings is 4. The van der Waals surface area contributed by atoms with Crippen molar-refractivity contribution in [3.8, 4) is 33.9 Å². The van der Waals surface area contributed by atoms with Gasteiger partial charge in [0.2, 0.25) is 0 Å². The van der Waals surface area contributed by atoms with Crippen molar-refractivity contribution in [2.75, 3.05) is 6.26 Å². The van der Waals surface area contributed by atoms with Crippen LogP contribution in [-0.4, -0.2) is 25.4 Å². The van der Waals surface area contributed by atoms with Crippen LogP contribution in [-0.2, 0) is 5.75 Å². The predicted octanol–water partition coefficient (Wildman–Crippen LogP) is 9.47. The number of rotatable bonds is 6. The van der Waals surface area contributed by atoms with Crippen LogP contribution in [0.2, 0.25) is 5.02 Å². The van der Waals surface area contributed by atoms with Gasteiger partial charge in [-0.3, -0.25) is 13.9 Å². The largest absolute Gasteiger partial charge is 0.286 e. The Morgan fingerprint density at radius 1 is 0.643 bits per heavy atom. The summed E-state index contributed by atoms with van der Waals surface area (Å²) in [5, 5.41) is 0.597. The van der Waals surface area contributed by atoms with Crippen molar-refractivity contribution in [1.82, 2.24) is 19.1 Å². The summed E-state index contributed by atoms with van der Waals surface area (Å²) in [6, 6.07) is 35.5. The SMILES string of the molecule is CC.CC.CSCc1nc2c(=O)n(-c3ccc(Cl)cc3)c(-c3ccc(-c4ccccc4)cc3)nc2n1-c1ccccc1. The number of hydrogen-bond acceptors (Lipinski definition) is 4. The fourth-order valence-corrected chi connectivity index (χ4v) is 5.17. The monoisotopic (exact) mass is 594 g/mol. The van der Waals surface area contributed by atoms with Crippen LogP contribution in [0, 0.1) is 0 Å². The van der Waals surface area contributed by atoms with Crippen molar-refractivity contribution < 1.29 is 0 Å². The molecule has 4 aromatic carbocycles. The molecular weight excluding hydrogens is 560 g/mol. The van der Waals surface area contributed by atoms with E-state index in [1.165, 1.54) is 0 Å². The lowest BCUT2D eigenvalue weighted by molar-refractivity contribution is 0.952. The zero-order valence-corrected chi connectivity index (χ0v) is 26.2. The molecular formula is C35H35ClN4OS. The lowest BCUT2D eigenvalue weighted by Gasteiger charge is -2.14. The highest BCUT2D eigenvalue weighted by molar-refractivity contribution is 7.97. The first-order valence-electron chi connectivity index (χ1n) is 14.1. The molecule has 0 amide bonds. The molecule has 0 aliphatic rings. The molecule has 5 nitrogen and oxygen atoms in total. The van der Waals surface area contributed by atoms with Gasteiger partial charge in [-0.25, -0.2) is 9.97 Å². The summed E-state index contributed by atoms with van der Waals surface area (Å²) in [7, 11) is 0. The Hall–Kier alpha value is -4.13. The van der Waals surface area contributed by atoms with Gasteiger partial charge < -0.3 is 0 Å². The van der Waals surface area contributed by atoms with E-state index in [9.17, 15) is 4.79 Å². The number of nitrogens with zero attached hydrogens (tertiary/aromatic N) is 4. The molecule has 6 rings (SSSR count). The fraction of sp³-hybridized carbons (Fsp3) is 0.171. The average Bonchev–Trinajstić information content (AvgIpc) is 3.43. The third kappa shape index (κ3) is 6.35. The van der Waals surface area contributed by atoms with Crippen molar-refractivity contribution in [3.05, 3.63) is 130 Å². The molecule has 0 saturated carbocycles. The van der Waals surface area contributed by atoms with Crippen molar-refractivity contribution >= 4 is 34.5 Å².